The maximum absolute atomic E-state index is 12.4. The summed E-state index contributed by atoms with van der Waals surface area (Å²) < 4.78 is 27.5. The maximum Gasteiger partial charge on any atom is 0.258 e. The molecule has 0 fully saturated rings. The Morgan fingerprint density at radius 1 is 1.24 bits per heavy atom. The van der Waals surface area contributed by atoms with Crippen LogP contribution in [0, 0.1) is 6.92 Å². The topological polar surface area (TPSA) is 74.8 Å². The van der Waals surface area contributed by atoms with E-state index >= 15 is 0 Å². The molecule has 1 unspecified atom stereocenters. The molecule has 1 atom stereocenters. The van der Waals surface area contributed by atoms with E-state index in [0.29, 0.717) is 18.7 Å². The number of aromatic amines is 1. The smallest absolute Gasteiger partial charge is 0.258 e. The highest BCUT2D eigenvalue weighted by atomic mass is 32.2. The van der Waals surface area contributed by atoms with E-state index in [0.717, 1.165) is 11.1 Å². The van der Waals surface area contributed by atoms with Crippen molar-refractivity contribution in [2.75, 3.05) is 0 Å². The van der Waals surface area contributed by atoms with Crippen LogP contribution in [-0.2, 0) is 16.4 Å². The third-order valence-corrected chi connectivity index (χ3v) is 4.80. The Kier molecular flexibility index (Phi) is 4.80. The van der Waals surface area contributed by atoms with Crippen LogP contribution in [-0.4, -0.2) is 18.4 Å². The van der Waals surface area contributed by atoms with Crippen molar-refractivity contribution in [3.63, 3.8) is 0 Å². The number of aromatic nitrogens is 2. The summed E-state index contributed by atoms with van der Waals surface area (Å²) in [5, 5.41) is 0.116. The van der Waals surface area contributed by atoms with E-state index in [2.05, 4.69) is 14.7 Å². The number of nitrogens with one attached hydrogen (secondary N) is 2. The summed E-state index contributed by atoms with van der Waals surface area (Å²) in [6, 6.07) is 7.63. The Hall–Kier alpha value is -1.66. The van der Waals surface area contributed by atoms with Crippen molar-refractivity contribution < 1.29 is 8.42 Å². The van der Waals surface area contributed by atoms with Gasteiger partial charge >= 0.3 is 0 Å². The van der Waals surface area contributed by atoms with Gasteiger partial charge in [-0.2, -0.15) is 0 Å². The van der Waals surface area contributed by atoms with E-state index < -0.39 is 10.0 Å². The molecule has 0 bridgehead atoms. The van der Waals surface area contributed by atoms with E-state index in [4.69, 9.17) is 0 Å². The summed E-state index contributed by atoms with van der Waals surface area (Å²) in [6.45, 7) is 5.88. The normalized spacial score (nSPS) is 13.3. The van der Waals surface area contributed by atoms with E-state index in [9.17, 15) is 8.42 Å². The zero-order chi connectivity index (χ0) is 15.5. The second-order valence-corrected chi connectivity index (χ2v) is 6.72. The zero-order valence-electron chi connectivity index (χ0n) is 12.6. The molecule has 2 N–H and O–H groups in total. The first-order chi connectivity index (χ1) is 9.96. The van der Waals surface area contributed by atoms with Gasteiger partial charge in [0.05, 0.1) is 6.20 Å². The molecular weight excluding hydrogens is 286 g/mol. The number of rotatable bonds is 6. The molecule has 6 heteroatoms. The standard InChI is InChI=1S/C15H21N3O2S/c1-4-13(12-8-6-11(3)7-9-12)18-21(19,20)15-10-16-14(5-2)17-15/h6-10,13,18H,4-5H2,1-3H3,(H,16,17). The minimum Gasteiger partial charge on any atom is -0.332 e. The largest absolute Gasteiger partial charge is 0.332 e. The van der Waals surface area contributed by atoms with E-state index in [1.54, 1.807) is 0 Å². The van der Waals surface area contributed by atoms with Crippen molar-refractivity contribution in [2.45, 2.75) is 44.7 Å². The highest BCUT2D eigenvalue weighted by Crippen LogP contribution is 2.20. The van der Waals surface area contributed by atoms with Gasteiger partial charge in [0, 0.05) is 12.5 Å². The third kappa shape index (κ3) is 3.71. The average Bonchev–Trinajstić information content (AvgIpc) is 2.95. The summed E-state index contributed by atoms with van der Waals surface area (Å²) in [6.07, 6.45) is 2.71. The molecule has 21 heavy (non-hydrogen) atoms. The van der Waals surface area contributed by atoms with Crippen LogP contribution in [0.2, 0.25) is 0 Å². The van der Waals surface area contributed by atoms with Crippen LogP contribution in [0.4, 0.5) is 0 Å². The van der Waals surface area contributed by atoms with Crippen LogP contribution in [0.1, 0.15) is 43.3 Å². The zero-order valence-corrected chi connectivity index (χ0v) is 13.4. The van der Waals surface area contributed by atoms with Crippen molar-refractivity contribution in [1.29, 1.82) is 0 Å². The number of benzene rings is 1. The monoisotopic (exact) mass is 307 g/mol. The van der Waals surface area contributed by atoms with Crippen LogP contribution in [0.25, 0.3) is 0 Å². The second kappa shape index (κ2) is 6.41. The highest BCUT2D eigenvalue weighted by molar-refractivity contribution is 7.89. The first-order valence-corrected chi connectivity index (χ1v) is 8.57. The number of H-pyrrole nitrogens is 1. The molecule has 1 aromatic heterocycles. The lowest BCUT2D eigenvalue weighted by molar-refractivity contribution is 0.547. The molecule has 0 spiro atoms. The Bertz CT molecular complexity index is 690. The lowest BCUT2D eigenvalue weighted by Gasteiger charge is -2.17. The molecule has 5 nitrogen and oxygen atoms in total. The van der Waals surface area contributed by atoms with Crippen molar-refractivity contribution in [2.24, 2.45) is 0 Å². The van der Waals surface area contributed by atoms with Crippen LogP contribution < -0.4 is 4.72 Å². The number of hydrogen-bond acceptors (Lipinski definition) is 3. The lowest BCUT2D eigenvalue weighted by Crippen LogP contribution is -2.28. The first-order valence-electron chi connectivity index (χ1n) is 7.09. The molecule has 0 aliphatic heterocycles. The molecule has 114 valence electrons. The third-order valence-electron chi connectivity index (χ3n) is 3.41. The number of sulfonamides is 1. The quantitative estimate of drug-likeness (QED) is 0.861. The summed E-state index contributed by atoms with van der Waals surface area (Å²) in [5.41, 5.74) is 2.11. The fourth-order valence-corrected chi connectivity index (χ4v) is 3.34. The average molecular weight is 307 g/mol. The minimum atomic E-state index is -3.59. The minimum absolute atomic E-state index is 0.116. The van der Waals surface area contributed by atoms with Crippen molar-refractivity contribution in [3.8, 4) is 0 Å². The maximum atomic E-state index is 12.4. The summed E-state index contributed by atoms with van der Waals surface area (Å²) in [4.78, 5) is 6.88. The van der Waals surface area contributed by atoms with Gasteiger partial charge in [0.15, 0.2) is 5.03 Å². The Morgan fingerprint density at radius 3 is 2.43 bits per heavy atom. The molecule has 0 aliphatic rings. The fraction of sp³-hybridized carbons (Fsp3) is 0.400. The molecule has 1 heterocycles. The van der Waals surface area contributed by atoms with Crippen LogP contribution in [0.5, 0.6) is 0 Å². The first kappa shape index (κ1) is 15.7. The summed E-state index contributed by atoms with van der Waals surface area (Å²) in [5.74, 6) is 0.666. The molecule has 0 saturated carbocycles. The van der Waals surface area contributed by atoms with Gasteiger partial charge < -0.3 is 4.98 Å². The van der Waals surface area contributed by atoms with Crippen molar-refractivity contribution in [1.82, 2.24) is 14.7 Å². The van der Waals surface area contributed by atoms with Gasteiger partial charge in [-0.3, -0.25) is 0 Å². The summed E-state index contributed by atoms with van der Waals surface area (Å²) in [7, 11) is -3.59. The van der Waals surface area contributed by atoms with Crippen LogP contribution >= 0.6 is 0 Å². The van der Waals surface area contributed by atoms with E-state index in [1.165, 1.54) is 6.20 Å². The summed E-state index contributed by atoms with van der Waals surface area (Å²) >= 11 is 0. The van der Waals surface area contributed by atoms with Gasteiger partial charge in [-0.25, -0.2) is 18.1 Å². The fourth-order valence-electron chi connectivity index (χ4n) is 2.10. The van der Waals surface area contributed by atoms with Gasteiger partial charge in [-0.05, 0) is 18.9 Å². The number of nitrogens with zero attached hydrogens (tertiary/aromatic N) is 1. The number of hydrogen-bond donors (Lipinski definition) is 2. The van der Waals surface area contributed by atoms with Crippen molar-refractivity contribution >= 4 is 10.0 Å². The molecule has 0 saturated heterocycles. The van der Waals surface area contributed by atoms with Crippen LogP contribution in [0.15, 0.2) is 35.5 Å². The molecule has 2 rings (SSSR count). The molecule has 1 aromatic carbocycles. The number of aryl methyl sites for hydroxylation is 2. The molecule has 0 amide bonds. The molecule has 0 radical (unpaired) electrons. The Morgan fingerprint density at radius 2 is 1.90 bits per heavy atom. The van der Waals surface area contributed by atoms with Crippen LogP contribution in [0.3, 0.4) is 0 Å². The lowest BCUT2D eigenvalue weighted by atomic mass is 10.0. The predicted octanol–water partition coefficient (Wildman–Crippen LogP) is 2.71. The Balaban J connectivity index is 2.22. The van der Waals surface area contributed by atoms with Crippen molar-refractivity contribution in [3.05, 3.63) is 47.4 Å². The van der Waals surface area contributed by atoms with Gasteiger partial charge in [0.25, 0.3) is 10.0 Å². The van der Waals surface area contributed by atoms with E-state index in [1.807, 2.05) is 45.0 Å². The number of imidazole rings is 1. The molecule has 2 aromatic rings. The van der Waals surface area contributed by atoms with Gasteiger partial charge in [0.2, 0.25) is 0 Å². The van der Waals surface area contributed by atoms with Gasteiger partial charge in [-0.1, -0.05) is 43.7 Å². The molecular formula is C15H21N3O2S. The second-order valence-electron chi connectivity index (χ2n) is 5.04. The highest BCUT2D eigenvalue weighted by Gasteiger charge is 2.22. The molecule has 0 aliphatic carbocycles. The predicted molar refractivity (Wildman–Crippen MR) is 82.5 cm³/mol. The van der Waals surface area contributed by atoms with E-state index in [-0.39, 0.29) is 11.1 Å². The Labute approximate surface area is 125 Å². The SMILES string of the molecule is CCc1ncc(S(=O)(=O)NC(CC)c2ccc(C)cc2)[nH]1. The van der Waals surface area contributed by atoms with Gasteiger partial charge in [-0.15, -0.1) is 0 Å². The van der Waals surface area contributed by atoms with Gasteiger partial charge in [0.1, 0.15) is 5.82 Å².